The zero-order valence-corrected chi connectivity index (χ0v) is 16.7. The summed E-state index contributed by atoms with van der Waals surface area (Å²) in [5, 5.41) is 3.49. The van der Waals surface area contributed by atoms with Crippen LogP contribution in [0.25, 0.3) is 11.1 Å². The molecule has 3 aromatic rings. The second kappa shape index (κ2) is 8.53. The molecule has 148 valence electrons. The van der Waals surface area contributed by atoms with Crippen LogP contribution in [0.1, 0.15) is 12.5 Å². The standard InChI is InChI=1S/C23H21ClN2O3/c1-15(28-19-6-3-5-18(24)13-19)23(27)26-14-20-12-17-4-2-7-21(22(17)29-20)16-8-10-25-11-9-16/h2-11,13,15,20H,12,14H2,1H3,(H,26,27). The number of hydrogen-bond acceptors (Lipinski definition) is 4. The van der Waals surface area contributed by atoms with Crippen molar-refractivity contribution in [3.05, 3.63) is 77.6 Å². The van der Waals surface area contributed by atoms with E-state index in [1.54, 1.807) is 43.6 Å². The molecule has 1 aliphatic rings. The number of para-hydroxylation sites is 1. The molecule has 0 bridgehead atoms. The van der Waals surface area contributed by atoms with Gasteiger partial charge in [-0.15, -0.1) is 0 Å². The minimum atomic E-state index is -0.635. The molecule has 0 spiro atoms. The topological polar surface area (TPSA) is 60.5 Å². The molecule has 2 aromatic carbocycles. The number of nitrogens with zero attached hydrogens (tertiary/aromatic N) is 1. The highest BCUT2D eigenvalue weighted by atomic mass is 35.5. The lowest BCUT2D eigenvalue weighted by atomic mass is 10.0. The monoisotopic (exact) mass is 408 g/mol. The molecule has 1 aliphatic heterocycles. The van der Waals surface area contributed by atoms with Crippen molar-refractivity contribution in [2.45, 2.75) is 25.6 Å². The van der Waals surface area contributed by atoms with Crippen LogP contribution in [-0.2, 0) is 11.2 Å². The first-order valence-electron chi connectivity index (χ1n) is 9.49. The van der Waals surface area contributed by atoms with Crippen molar-refractivity contribution >= 4 is 17.5 Å². The molecular weight excluding hydrogens is 388 g/mol. The van der Waals surface area contributed by atoms with Crippen molar-refractivity contribution in [2.24, 2.45) is 0 Å². The lowest BCUT2D eigenvalue weighted by Gasteiger charge is -2.17. The maximum atomic E-state index is 12.4. The van der Waals surface area contributed by atoms with E-state index in [4.69, 9.17) is 21.1 Å². The van der Waals surface area contributed by atoms with Crippen molar-refractivity contribution in [1.29, 1.82) is 0 Å². The zero-order chi connectivity index (χ0) is 20.2. The van der Waals surface area contributed by atoms with Gasteiger partial charge in [0, 0.05) is 29.4 Å². The van der Waals surface area contributed by atoms with Gasteiger partial charge in [0.05, 0.1) is 6.54 Å². The van der Waals surface area contributed by atoms with Crippen molar-refractivity contribution < 1.29 is 14.3 Å². The van der Waals surface area contributed by atoms with Crippen LogP contribution >= 0.6 is 11.6 Å². The number of amides is 1. The SMILES string of the molecule is CC(Oc1cccc(Cl)c1)C(=O)NCC1Cc2cccc(-c3ccncc3)c2O1. The lowest BCUT2D eigenvalue weighted by molar-refractivity contribution is -0.127. The molecule has 5 nitrogen and oxygen atoms in total. The number of carbonyl (C=O) groups excluding carboxylic acids is 1. The van der Waals surface area contributed by atoms with E-state index >= 15 is 0 Å². The molecule has 4 rings (SSSR count). The number of benzene rings is 2. The summed E-state index contributed by atoms with van der Waals surface area (Å²) in [4.78, 5) is 16.5. The highest BCUT2D eigenvalue weighted by Gasteiger charge is 2.27. The maximum absolute atomic E-state index is 12.4. The highest BCUT2D eigenvalue weighted by Crippen LogP contribution is 2.38. The van der Waals surface area contributed by atoms with E-state index in [0.717, 1.165) is 28.9 Å². The van der Waals surface area contributed by atoms with Gasteiger partial charge in [0.25, 0.3) is 5.91 Å². The number of rotatable bonds is 6. The third-order valence-corrected chi connectivity index (χ3v) is 5.04. The van der Waals surface area contributed by atoms with E-state index in [2.05, 4.69) is 16.4 Å². The first kappa shape index (κ1) is 19.3. The Morgan fingerprint density at radius 2 is 2.03 bits per heavy atom. The van der Waals surface area contributed by atoms with Gasteiger partial charge < -0.3 is 14.8 Å². The summed E-state index contributed by atoms with van der Waals surface area (Å²) in [5.41, 5.74) is 3.24. The van der Waals surface area contributed by atoms with Crippen LogP contribution in [0.4, 0.5) is 0 Å². The van der Waals surface area contributed by atoms with Gasteiger partial charge in [-0.1, -0.05) is 35.9 Å². The predicted octanol–water partition coefficient (Wildman–Crippen LogP) is 4.29. The fourth-order valence-electron chi connectivity index (χ4n) is 3.37. The maximum Gasteiger partial charge on any atom is 0.260 e. The summed E-state index contributed by atoms with van der Waals surface area (Å²) >= 11 is 5.96. The van der Waals surface area contributed by atoms with Gasteiger partial charge in [0.15, 0.2) is 6.10 Å². The molecule has 1 aromatic heterocycles. The van der Waals surface area contributed by atoms with Crippen LogP contribution in [0.3, 0.4) is 0 Å². The van der Waals surface area contributed by atoms with Gasteiger partial charge in [-0.3, -0.25) is 9.78 Å². The summed E-state index contributed by atoms with van der Waals surface area (Å²) in [6.07, 6.45) is 3.53. The normalized spacial score (nSPS) is 15.9. The summed E-state index contributed by atoms with van der Waals surface area (Å²) in [6.45, 7) is 2.12. The lowest BCUT2D eigenvalue weighted by Crippen LogP contribution is -2.41. The summed E-state index contributed by atoms with van der Waals surface area (Å²) in [6, 6.07) is 17.0. The minimum Gasteiger partial charge on any atom is -0.487 e. The Bertz CT molecular complexity index is 1010. The molecule has 0 saturated heterocycles. The first-order valence-corrected chi connectivity index (χ1v) is 9.87. The van der Waals surface area contributed by atoms with Gasteiger partial charge in [-0.2, -0.15) is 0 Å². The molecule has 2 heterocycles. The molecule has 1 amide bonds. The zero-order valence-electron chi connectivity index (χ0n) is 16.0. The smallest absolute Gasteiger partial charge is 0.260 e. The molecule has 2 unspecified atom stereocenters. The molecule has 0 aliphatic carbocycles. The molecule has 0 radical (unpaired) electrons. The fraction of sp³-hybridized carbons (Fsp3) is 0.217. The highest BCUT2D eigenvalue weighted by molar-refractivity contribution is 6.30. The summed E-state index contributed by atoms with van der Waals surface area (Å²) < 4.78 is 11.8. The Balaban J connectivity index is 1.35. The second-order valence-electron chi connectivity index (χ2n) is 6.94. The molecule has 2 atom stereocenters. The van der Waals surface area contributed by atoms with Gasteiger partial charge in [0.2, 0.25) is 0 Å². The van der Waals surface area contributed by atoms with Crippen LogP contribution in [0, 0.1) is 0 Å². The van der Waals surface area contributed by atoms with Crippen LogP contribution in [-0.4, -0.2) is 29.6 Å². The number of halogens is 1. The Morgan fingerprint density at radius 1 is 1.24 bits per heavy atom. The fourth-order valence-corrected chi connectivity index (χ4v) is 3.55. The largest absolute Gasteiger partial charge is 0.487 e. The van der Waals surface area contributed by atoms with E-state index in [1.165, 1.54) is 0 Å². The molecule has 6 heteroatoms. The predicted molar refractivity (Wildman–Crippen MR) is 112 cm³/mol. The van der Waals surface area contributed by atoms with Gasteiger partial charge in [0.1, 0.15) is 17.6 Å². The number of pyridine rings is 1. The van der Waals surface area contributed by atoms with E-state index < -0.39 is 6.10 Å². The number of nitrogens with one attached hydrogen (secondary N) is 1. The number of fused-ring (bicyclic) bond motifs is 1. The van der Waals surface area contributed by atoms with Crippen molar-refractivity contribution in [1.82, 2.24) is 10.3 Å². The van der Waals surface area contributed by atoms with Crippen LogP contribution in [0.15, 0.2) is 67.0 Å². The minimum absolute atomic E-state index is 0.115. The van der Waals surface area contributed by atoms with Crippen LogP contribution in [0.5, 0.6) is 11.5 Å². The molecule has 0 saturated carbocycles. The Kier molecular flexibility index (Phi) is 5.67. The Morgan fingerprint density at radius 3 is 2.83 bits per heavy atom. The average molecular weight is 409 g/mol. The molecule has 29 heavy (non-hydrogen) atoms. The van der Waals surface area contributed by atoms with E-state index in [0.29, 0.717) is 17.3 Å². The van der Waals surface area contributed by atoms with Crippen molar-refractivity contribution in [3.63, 3.8) is 0 Å². The molecule has 1 N–H and O–H groups in total. The summed E-state index contributed by atoms with van der Waals surface area (Å²) in [5.74, 6) is 1.24. The first-order chi connectivity index (χ1) is 14.1. The van der Waals surface area contributed by atoms with E-state index in [9.17, 15) is 4.79 Å². The van der Waals surface area contributed by atoms with Gasteiger partial charge in [-0.25, -0.2) is 0 Å². The Hall–Kier alpha value is -3.05. The third kappa shape index (κ3) is 4.51. The van der Waals surface area contributed by atoms with Crippen LogP contribution in [0.2, 0.25) is 5.02 Å². The third-order valence-electron chi connectivity index (χ3n) is 4.80. The van der Waals surface area contributed by atoms with E-state index in [-0.39, 0.29) is 12.0 Å². The number of aromatic nitrogens is 1. The second-order valence-corrected chi connectivity index (χ2v) is 7.37. The van der Waals surface area contributed by atoms with E-state index in [1.807, 2.05) is 24.3 Å². The molecule has 0 fully saturated rings. The van der Waals surface area contributed by atoms with Gasteiger partial charge >= 0.3 is 0 Å². The number of hydrogen-bond donors (Lipinski definition) is 1. The van der Waals surface area contributed by atoms with Gasteiger partial charge in [-0.05, 0) is 48.4 Å². The Labute approximate surface area is 174 Å². The van der Waals surface area contributed by atoms with Crippen LogP contribution < -0.4 is 14.8 Å². The molecular formula is C23H21ClN2O3. The van der Waals surface area contributed by atoms with Crippen molar-refractivity contribution in [3.8, 4) is 22.6 Å². The van der Waals surface area contributed by atoms with Crippen molar-refractivity contribution in [2.75, 3.05) is 6.54 Å². The summed E-state index contributed by atoms with van der Waals surface area (Å²) in [7, 11) is 0. The number of carbonyl (C=O) groups is 1. The quantitative estimate of drug-likeness (QED) is 0.661. The average Bonchev–Trinajstić information content (AvgIpc) is 3.15. The number of ether oxygens (including phenoxy) is 2.